The molecule has 0 spiro atoms. The van der Waals surface area contributed by atoms with Crippen molar-refractivity contribution in [3.05, 3.63) is 0 Å². The molecule has 0 aromatic carbocycles. The molecule has 74 valence electrons. The molecule has 2 heteroatoms. The third-order valence-corrected chi connectivity index (χ3v) is 5.17. The average Bonchev–Trinajstić information content (AvgIpc) is 2.59. The zero-order valence-electron chi connectivity index (χ0n) is 8.47. The standard InChI is InChI=1S/C11H20N2/c1-10-2-4-11(12,5-3-10)9-7-13-6-8(9)10/h8-9,13H,2-7,12H2,1H3. The summed E-state index contributed by atoms with van der Waals surface area (Å²) in [6.07, 6.45) is 5.28. The minimum absolute atomic E-state index is 0.200. The lowest BCUT2D eigenvalue weighted by Crippen LogP contribution is -2.61. The molecule has 3 N–H and O–H groups in total. The first-order valence-corrected chi connectivity index (χ1v) is 5.64. The van der Waals surface area contributed by atoms with Crippen LogP contribution in [0.15, 0.2) is 0 Å². The van der Waals surface area contributed by atoms with Crippen molar-refractivity contribution in [3.63, 3.8) is 0 Å². The number of hydrogen-bond acceptors (Lipinski definition) is 2. The maximum absolute atomic E-state index is 6.50. The highest BCUT2D eigenvalue weighted by Gasteiger charge is 2.57. The zero-order chi connectivity index (χ0) is 9.10. The Labute approximate surface area is 80.3 Å². The number of rotatable bonds is 0. The summed E-state index contributed by atoms with van der Waals surface area (Å²) in [4.78, 5) is 0. The van der Waals surface area contributed by atoms with Crippen LogP contribution in [0.4, 0.5) is 0 Å². The van der Waals surface area contributed by atoms with Crippen molar-refractivity contribution in [2.24, 2.45) is 23.0 Å². The molecule has 1 aliphatic heterocycles. The SMILES string of the molecule is CC12CCC(N)(CC1)C1CNCC12. The quantitative estimate of drug-likeness (QED) is 0.586. The van der Waals surface area contributed by atoms with Gasteiger partial charge in [0.25, 0.3) is 0 Å². The van der Waals surface area contributed by atoms with Crippen LogP contribution in [-0.4, -0.2) is 18.6 Å². The molecule has 1 saturated heterocycles. The first-order chi connectivity index (χ1) is 6.14. The van der Waals surface area contributed by atoms with E-state index in [1.54, 1.807) is 0 Å². The second-order valence-electron chi connectivity index (χ2n) is 5.76. The molecule has 4 aliphatic rings. The Morgan fingerprint density at radius 1 is 1.08 bits per heavy atom. The van der Waals surface area contributed by atoms with Gasteiger partial charge in [-0.1, -0.05) is 6.92 Å². The topological polar surface area (TPSA) is 38.0 Å². The average molecular weight is 180 g/mol. The van der Waals surface area contributed by atoms with Crippen LogP contribution in [0.3, 0.4) is 0 Å². The summed E-state index contributed by atoms with van der Waals surface area (Å²) < 4.78 is 0. The van der Waals surface area contributed by atoms with Gasteiger partial charge in [0, 0.05) is 12.1 Å². The zero-order valence-corrected chi connectivity index (χ0v) is 8.47. The van der Waals surface area contributed by atoms with E-state index in [0.29, 0.717) is 5.41 Å². The summed E-state index contributed by atoms with van der Waals surface area (Å²) in [5.74, 6) is 1.65. The van der Waals surface area contributed by atoms with Crippen LogP contribution < -0.4 is 11.1 Å². The normalized spacial score (nSPS) is 59.5. The molecule has 4 rings (SSSR count). The molecule has 2 bridgehead atoms. The number of fused-ring (bicyclic) bond motifs is 2. The Kier molecular flexibility index (Phi) is 1.45. The largest absolute Gasteiger partial charge is 0.325 e. The summed E-state index contributed by atoms with van der Waals surface area (Å²) in [5.41, 5.74) is 7.32. The van der Waals surface area contributed by atoms with E-state index in [-0.39, 0.29) is 5.54 Å². The third kappa shape index (κ3) is 0.909. The fourth-order valence-corrected chi connectivity index (χ4v) is 4.04. The highest BCUT2D eigenvalue weighted by molar-refractivity contribution is 5.13. The van der Waals surface area contributed by atoms with Gasteiger partial charge in [0.15, 0.2) is 0 Å². The van der Waals surface area contributed by atoms with Crippen molar-refractivity contribution in [1.82, 2.24) is 5.32 Å². The Morgan fingerprint density at radius 3 is 2.31 bits per heavy atom. The van der Waals surface area contributed by atoms with E-state index in [4.69, 9.17) is 5.73 Å². The van der Waals surface area contributed by atoms with Gasteiger partial charge in [-0.05, 0) is 49.5 Å². The van der Waals surface area contributed by atoms with Crippen LogP contribution in [0.1, 0.15) is 32.6 Å². The first-order valence-electron chi connectivity index (χ1n) is 5.64. The first kappa shape index (κ1) is 8.25. The number of nitrogens with two attached hydrogens (primary N) is 1. The fourth-order valence-electron chi connectivity index (χ4n) is 4.04. The van der Waals surface area contributed by atoms with Gasteiger partial charge in [-0.3, -0.25) is 0 Å². The monoisotopic (exact) mass is 180 g/mol. The Balaban J connectivity index is 2.00. The van der Waals surface area contributed by atoms with Crippen molar-refractivity contribution in [2.45, 2.75) is 38.1 Å². The predicted molar refractivity (Wildman–Crippen MR) is 53.3 cm³/mol. The van der Waals surface area contributed by atoms with E-state index in [1.807, 2.05) is 0 Å². The van der Waals surface area contributed by atoms with Crippen LogP contribution in [-0.2, 0) is 0 Å². The molecule has 2 nitrogen and oxygen atoms in total. The third-order valence-electron chi connectivity index (χ3n) is 5.17. The summed E-state index contributed by atoms with van der Waals surface area (Å²) in [7, 11) is 0. The lowest BCUT2D eigenvalue weighted by molar-refractivity contribution is -0.0376. The van der Waals surface area contributed by atoms with E-state index in [0.717, 1.165) is 11.8 Å². The summed E-state index contributed by atoms with van der Waals surface area (Å²) in [5, 5.41) is 3.54. The van der Waals surface area contributed by atoms with Crippen molar-refractivity contribution in [3.8, 4) is 0 Å². The van der Waals surface area contributed by atoms with Crippen molar-refractivity contribution >= 4 is 0 Å². The van der Waals surface area contributed by atoms with Gasteiger partial charge in [-0.2, -0.15) is 0 Å². The molecule has 2 unspecified atom stereocenters. The van der Waals surface area contributed by atoms with E-state index >= 15 is 0 Å². The molecule has 3 saturated carbocycles. The Bertz CT molecular complexity index is 204. The van der Waals surface area contributed by atoms with E-state index in [9.17, 15) is 0 Å². The molecule has 1 heterocycles. The van der Waals surface area contributed by atoms with Crippen molar-refractivity contribution < 1.29 is 0 Å². The van der Waals surface area contributed by atoms with Crippen LogP contribution in [0, 0.1) is 17.3 Å². The van der Waals surface area contributed by atoms with Crippen LogP contribution >= 0.6 is 0 Å². The van der Waals surface area contributed by atoms with Crippen LogP contribution in [0.2, 0.25) is 0 Å². The summed E-state index contributed by atoms with van der Waals surface area (Å²) in [6, 6.07) is 0. The highest BCUT2D eigenvalue weighted by Crippen LogP contribution is 2.58. The van der Waals surface area contributed by atoms with E-state index in [1.165, 1.54) is 38.8 Å². The van der Waals surface area contributed by atoms with Gasteiger partial charge >= 0.3 is 0 Å². The molecule has 4 fully saturated rings. The summed E-state index contributed by atoms with van der Waals surface area (Å²) in [6.45, 7) is 4.88. The van der Waals surface area contributed by atoms with Gasteiger partial charge in [0.05, 0.1) is 0 Å². The van der Waals surface area contributed by atoms with E-state index < -0.39 is 0 Å². The summed E-state index contributed by atoms with van der Waals surface area (Å²) >= 11 is 0. The lowest BCUT2D eigenvalue weighted by Gasteiger charge is -2.57. The Hall–Kier alpha value is -0.0800. The maximum Gasteiger partial charge on any atom is 0.0198 e. The molecule has 0 aromatic heterocycles. The predicted octanol–water partition coefficient (Wildman–Crippen LogP) is 1.11. The molecular formula is C11H20N2. The van der Waals surface area contributed by atoms with Gasteiger partial charge in [0.2, 0.25) is 0 Å². The maximum atomic E-state index is 6.50. The van der Waals surface area contributed by atoms with Crippen LogP contribution in [0.25, 0.3) is 0 Å². The molecule has 0 radical (unpaired) electrons. The van der Waals surface area contributed by atoms with Gasteiger partial charge in [-0.15, -0.1) is 0 Å². The molecular weight excluding hydrogens is 160 g/mol. The van der Waals surface area contributed by atoms with Crippen molar-refractivity contribution in [2.75, 3.05) is 13.1 Å². The second-order valence-corrected chi connectivity index (χ2v) is 5.76. The molecule has 2 atom stereocenters. The number of hydrogen-bond donors (Lipinski definition) is 2. The minimum atomic E-state index is 0.200. The van der Waals surface area contributed by atoms with Gasteiger partial charge < -0.3 is 11.1 Å². The Morgan fingerprint density at radius 2 is 1.69 bits per heavy atom. The van der Waals surface area contributed by atoms with Gasteiger partial charge in [-0.25, -0.2) is 0 Å². The molecule has 0 aromatic rings. The molecule has 13 heavy (non-hydrogen) atoms. The second kappa shape index (κ2) is 2.29. The van der Waals surface area contributed by atoms with Gasteiger partial charge in [0.1, 0.15) is 0 Å². The van der Waals surface area contributed by atoms with Crippen molar-refractivity contribution in [1.29, 1.82) is 0 Å². The number of nitrogens with one attached hydrogen (secondary N) is 1. The fraction of sp³-hybridized carbons (Fsp3) is 1.00. The van der Waals surface area contributed by atoms with E-state index in [2.05, 4.69) is 12.2 Å². The van der Waals surface area contributed by atoms with Crippen LogP contribution in [0.5, 0.6) is 0 Å². The highest BCUT2D eigenvalue weighted by atomic mass is 15.0. The molecule has 0 amide bonds. The smallest absolute Gasteiger partial charge is 0.0198 e. The lowest BCUT2D eigenvalue weighted by atomic mass is 9.49. The minimum Gasteiger partial charge on any atom is -0.325 e. The molecule has 3 aliphatic carbocycles.